The lowest BCUT2D eigenvalue weighted by Gasteiger charge is -2.42. The first-order chi connectivity index (χ1) is 26.7. The van der Waals surface area contributed by atoms with Gasteiger partial charge in [-0.15, -0.1) is 0 Å². The van der Waals surface area contributed by atoms with Gasteiger partial charge < -0.3 is 10.2 Å². The molecular weight excluding hydrogens is 693 g/mol. The lowest BCUT2D eigenvalue weighted by Crippen LogP contribution is -2.51. The van der Waals surface area contributed by atoms with Crippen molar-refractivity contribution in [3.05, 3.63) is 81.4 Å². The molecule has 4 aliphatic rings. The van der Waals surface area contributed by atoms with Gasteiger partial charge in [-0.3, -0.25) is 34.0 Å². The lowest BCUT2D eigenvalue weighted by molar-refractivity contribution is -0.134. The zero-order valence-corrected chi connectivity index (χ0v) is 32.1. The molecule has 2 N–H and O–H groups in total. The van der Waals surface area contributed by atoms with Crippen LogP contribution in [0.15, 0.2) is 53.6 Å². The van der Waals surface area contributed by atoms with E-state index in [0.29, 0.717) is 41.9 Å². The van der Waals surface area contributed by atoms with E-state index in [1.54, 1.807) is 17.7 Å². The first kappa shape index (κ1) is 37.0. The number of ketones is 1. The Kier molecular flexibility index (Phi) is 10.8. The number of nitrogens with zero attached hydrogens (tertiary/aromatic N) is 6. The second-order valence-corrected chi connectivity index (χ2v) is 16.1. The highest BCUT2D eigenvalue weighted by Crippen LogP contribution is 2.34. The Morgan fingerprint density at radius 2 is 1.60 bits per heavy atom. The number of anilines is 3. The van der Waals surface area contributed by atoms with Gasteiger partial charge in [0.2, 0.25) is 17.8 Å². The summed E-state index contributed by atoms with van der Waals surface area (Å²) in [6, 6.07) is 13.2. The van der Waals surface area contributed by atoms with E-state index in [1.165, 1.54) is 44.6 Å². The van der Waals surface area contributed by atoms with Gasteiger partial charge in [-0.05, 0) is 106 Å². The van der Waals surface area contributed by atoms with E-state index in [9.17, 15) is 19.2 Å². The van der Waals surface area contributed by atoms with Crippen molar-refractivity contribution in [3.8, 4) is 0 Å². The first-order valence-electron chi connectivity index (χ1n) is 20.3. The van der Waals surface area contributed by atoms with Crippen molar-refractivity contribution in [2.45, 2.75) is 109 Å². The van der Waals surface area contributed by atoms with E-state index in [1.807, 2.05) is 12.3 Å². The van der Waals surface area contributed by atoms with Crippen LogP contribution in [0.4, 0.5) is 17.5 Å². The largest absolute Gasteiger partial charge is 0.368 e. The monoisotopic (exact) mass is 744 g/mol. The molecule has 1 aromatic carbocycles. The number of carbonyl (C=O) groups is 3. The van der Waals surface area contributed by atoms with Crippen LogP contribution >= 0.6 is 0 Å². The highest BCUT2D eigenvalue weighted by atomic mass is 16.2. The Bertz CT molecular complexity index is 2110. The third kappa shape index (κ3) is 7.92. The number of pyridine rings is 2. The molecule has 4 aromatic rings. The molecular formula is C43H52N8O4. The maximum Gasteiger partial charge on any atom is 0.263 e. The molecule has 1 atom stereocenters. The Morgan fingerprint density at radius 1 is 0.855 bits per heavy atom. The fourth-order valence-corrected chi connectivity index (χ4v) is 9.51. The minimum atomic E-state index is -0.256. The maximum atomic E-state index is 13.6. The van der Waals surface area contributed by atoms with Gasteiger partial charge in [0.25, 0.3) is 5.56 Å². The number of aromatic nitrogens is 4. The number of fused-ring (bicyclic) bond motifs is 1. The molecule has 0 bridgehead atoms. The van der Waals surface area contributed by atoms with Crippen molar-refractivity contribution in [1.29, 1.82) is 0 Å². The number of piperazine rings is 1. The molecule has 5 heterocycles. The fraction of sp³-hybridized carbons (Fsp3) is 0.512. The second-order valence-electron chi connectivity index (χ2n) is 16.1. The van der Waals surface area contributed by atoms with E-state index in [-0.39, 0.29) is 40.7 Å². The van der Waals surface area contributed by atoms with Crippen LogP contribution < -0.4 is 21.1 Å². The van der Waals surface area contributed by atoms with Crippen LogP contribution in [0.25, 0.3) is 11.0 Å². The van der Waals surface area contributed by atoms with E-state index in [2.05, 4.69) is 55.7 Å². The highest BCUT2D eigenvalue weighted by molar-refractivity contribution is 6.01. The molecule has 0 radical (unpaired) electrons. The number of piperidine rings is 1. The number of aryl methyl sites for hydroxylation is 2. The van der Waals surface area contributed by atoms with Crippen molar-refractivity contribution in [2.75, 3.05) is 36.4 Å². The molecule has 2 aliphatic carbocycles. The number of hydrogen-bond acceptors (Lipinski definition) is 10. The van der Waals surface area contributed by atoms with E-state index < -0.39 is 0 Å². The van der Waals surface area contributed by atoms with Crippen LogP contribution in [0.2, 0.25) is 0 Å². The number of hydrogen-bond donors (Lipinski definition) is 2. The van der Waals surface area contributed by atoms with Gasteiger partial charge in [0.15, 0.2) is 5.78 Å². The molecule has 8 rings (SSSR count). The molecule has 2 aliphatic heterocycles. The minimum absolute atomic E-state index is 0.0287. The molecule has 0 spiro atoms. The third-order valence-electron chi connectivity index (χ3n) is 12.7. The molecule has 288 valence electrons. The average Bonchev–Trinajstić information content (AvgIpc) is 3.73. The van der Waals surface area contributed by atoms with Crippen molar-refractivity contribution < 1.29 is 14.4 Å². The predicted octanol–water partition coefficient (Wildman–Crippen LogP) is 6.39. The number of benzene rings is 1. The summed E-state index contributed by atoms with van der Waals surface area (Å²) in [6.45, 7) is 7.29. The van der Waals surface area contributed by atoms with Gasteiger partial charge >= 0.3 is 0 Å². The quantitative estimate of drug-likeness (QED) is 0.139. The van der Waals surface area contributed by atoms with Crippen LogP contribution in [0.5, 0.6) is 0 Å². The minimum Gasteiger partial charge on any atom is -0.368 e. The van der Waals surface area contributed by atoms with Crippen molar-refractivity contribution in [2.24, 2.45) is 5.92 Å². The molecule has 55 heavy (non-hydrogen) atoms. The van der Waals surface area contributed by atoms with Crippen molar-refractivity contribution in [3.63, 3.8) is 0 Å². The second kappa shape index (κ2) is 16.0. The molecule has 1 unspecified atom stereocenters. The van der Waals surface area contributed by atoms with Crippen LogP contribution in [0, 0.1) is 12.8 Å². The van der Waals surface area contributed by atoms with Crippen LogP contribution in [-0.2, 0) is 16.0 Å². The number of rotatable bonds is 10. The molecule has 2 amide bonds. The Labute approximate surface area is 322 Å². The van der Waals surface area contributed by atoms with Gasteiger partial charge in [-0.2, -0.15) is 4.98 Å². The summed E-state index contributed by atoms with van der Waals surface area (Å²) in [4.78, 5) is 68.9. The number of imide groups is 1. The topological polar surface area (TPSA) is 142 Å². The highest BCUT2D eigenvalue weighted by Gasteiger charge is 2.30. The summed E-state index contributed by atoms with van der Waals surface area (Å²) in [5.41, 5.74) is 4.59. The normalized spacial score (nSPS) is 22.6. The number of nitrogens with one attached hydrogen (secondary N) is 2. The summed E-state index contributed by atoms with van der Waals surface area (Å²) < 4.78 is 1.73. The van der Waals surface area contributed by atoms with E-state index >= 15 is 0 Å². The van der Waals surface area contributed by atoms with Crippen LogP contribution in [0.1, 0.15) is 117 Å². The van der Waals surface area contributed by atoms with Gasteiger partial charge in [0.05, 0.1) is 23.4 Å². The fourth-order valence-electron chi connectivity index (χ4n) is 9.51. The van der Waals surface area contributed by atoms with E-state index in [4.69, 9.17) is 9.97 Å². The Hall–Kier alpha value is -4.97. The number of Topliss-reactive ketones (excluding diaryl/α,β-unsaturated/α-hetero) is 1. The molecule has 2 saturated heterocycles. The molecule has 12 heteroatoms. The van der Waals surface area contributed by atoms with Gasteiger partial charge in [-0.25, -0.2) is 9.97 Å². The summed E-state index contributed by atoms with van der Waals surface area (Å²) in [5, 5.41) is 6.44. The number of amides is 2. The first-order valence-corrected chi connectivity index (χ1v) is 20.3. The zero-order chi connectivity index (χ0) is 38.1. The zero-order valence-electron chi connectivity index (χ0n) is 32.1. The van der Waals surface area contributed by atoms with Gasteiger partial charge in [0.1, 0.15) is 11.5 Å². The van der Waals surface area contributed by atoms with Crippen molar-refractivity contribution in [1.82, 2.24) is 29.7 Å². The lowest BCUT2D eigenvalue weighted by atomic mass is 9.82. The van der Waals surface area contributed by atoms with Crippen molar-refractivity contribution >= 4 is 46.1 Å². The summed E-state index contributed by atoms with van der Waals surface area (Å²) >= 11 is 0. The maximum absolute atomic E-state index is 13.6. The molecule has 3 aromatic heterocycles. The Morgan fingerprint density at radius 3 is 2.27 bits per heavy atom. The summed E-state index contributed by atoms with van der Waals surface area (Å²) in [7, 11) is 0. The molecule has 2 saturated carbocycles. The molecule has 12 nitrogen and oxygen atoms in total. The van der Waals surface area contributed by atoms with Crippen LogP contribution in [0.3, 0.4) is 0 Å². The SMILES string of the molecule is CC(=O)c1c(C)c2cnc(Nc3ccc(N4CCN(C5CCC(CCc6ccc(C7CCC(=O)NC7=O)cc6)CC5)CC4)cn3)nc2n(C2CCCC2)c1=O. The molecule has 4 fully saturated rings. The van der Waals surface area contributed by atoms with E-state index in [0.717, 1.165) is 80.8 Å². The standard InChI is InChI=1S/C43H52N8O4/c1-27-36-26-45-43(48-40(36)51(33-5-3-4-6-33)42(55)39(27)28(2)52)46-37-19-17-34(25-44-37)50-23-21-49(22-24-50)32-15-11-30(12-16-32)8-7-29-9-13-31(14-10-29)35-18-20-38(53)47-41(35)54/h9-10,13-14,17,19,25-26,30,32-33,35H,3-8,11-12,15-16,18,20-24H2,1-2H3,(H,47,53,54)(H,44,45,46,48). The van der Waals surface area contributed by atoms with Crippen LogP contribution in [-0.4, -0.2) is 74.2 Å². The predicted molar refractivity (Wildman–Crippen MR) is 213 cm³/mol. The van der Waals surface area contributed by atoms with Gasteiger partial charge in [0, 0.05) is 56.3 Å². The average molecular weight is 745 g/mol. The summed E-state index contributed by atoms with van der Waals surface area (Å²) in [6.07, 6.45) is 15.9. The third-order valence-corrected chi connectivity index (χ3v) is 12.7. The Balaban J connectivity index is 0.815. The smallest absolute Gasteiger partial charge is 0.263 e. The summed E-state index contributed by atoms with van der Waals surface area (Å²) in [5.74, 6) is 0.970. The van der Waals surface area contributed by atoms with Gasteiger partial charge in [-0.1, -0.05) is 37.1 Å². The number of carbonyl (C=O) groups excluding carboxylic acids is 3.